The fourth-order valence-corrected chi connectivity index (χ4v) is 2.67. The molecule has 1 aromatic heterocycles. The zero-order valence-electron chi connectivity index (χ0n) is 16.6. The Hall–Kier alpha value is -3.61. The van der Waals surface area contributed by atoms with Gasteiger partial charge in [-0.25, -0.2) is 4.63 Å². The number of aromatic nitrogens is 2. The van der Waals surface area contributed by atoms with Crippen molar-refractivity contribution >= 4 is 17.8 Å². The van der Waals surface area contributed by atoms with Crippen LogP contribution in [0.5, 0.6) is 11.5 Å². The van der Waals surface area contributed by atoms with E-state index >= 15 is 0 Å². The normalized spacial score (nSPS) is 10.9. The molecular weight excluding hydrogens is 370 g/mol. The molecule has 0 saturated heterocycles. The van der Waals surface area contributed by atoms with Crippen LogP contribution in [0.25, 0.3) is 17.3 Å². The molecule has 0 aliphatic carbocycles. The number of amides is 1. The summed E-state index contributed by atoms with van der Waals surface area (Å²) in [6.45, 7) is 6.83. The Balaban J connectivity index is 1.77. The van der Waals surface area contributed by atoms with E-state index in [2.05, 4.69) is 15.6 Å². The second-order valence-electron chi connectivity index (χ2n) is 6.22. The molecule has 3 aromatic rings. The van der Waals surface area contributed by atoms with E-state index in [1.165, 1.54) is 6.08 Å². The maximum absolute atomic E-state index is 12.3. The standard InChI is InChI=1S/C22H23N3O4/c1-4-27-18-12-11-17(14-19(18)28-5-2)21-22(25-29-24-21)23-20(26)13-10-16-8-6-15(3)7-9-16/h6-14H,4-5H2,1-3H3,(H,23,25,26). The first kappa shape index (κ1) is 20.1. The van der Waals surface area contributed by atoms with Crippen molar-refractivity contribution in [2.24, 2.45) is 0 Å². The zero-order chi connectivity index (χ0) is 20.6. The molecule has 1 N–H and O–H groups in total. The molecular formula is C22H23N3O4. The van der Waals surface area contributed by atoms with Gasteiger partial charge in [0.25, 0.3) is 0 Å². The number of nitrogens with zero attached hydrogens (tertiary/aromatic N) is 2. The topological polar surface area (TPSA) is 86.5 Å². The minimum absolute atomic E-state index is 0.232. The van der Waals surface area contributed by atoms with Crippen LogP contribution < -0.4 is 14.8 Å². The number of hydrogen-bond acceptors (Lipinski definition) is 6. The first-order valence-corrected chi connectivity index (χ1v) is 9.39. The lowest BCUT2D eigenvalue weighted by Crippen LogP contribution is -2.09. The van der Waals surface area contributed by atoms with Gasteiger partial charge in [0.05, 0.1) is 13.2 Å². The molecule has 0 saturated carbocycles. The average Bonchev–Trinajstić information content (AvgIpc) is 3.17. The minimum atomic E-state index is -0.335. The molecule has 0 unspecified atom stereocenters. The van der Waals surface area contributed by atoms with Gasteiger partial charge in [0.2, 0.25) is 11.7 Å². The van der Waals surface area contributed by atoms with Gasteiger partial charge in [-0.05, 0) is 60.9 Å². The summed E-state index contributed by atoms with van der Waals surface area (Å²) in [6.07, 6.45) is 3.17. The molecule has 0 spiro atoms. The van der Waals surface area contributed by atoms with E-state index in [0.29, 0.717) is 36.0 Å². The second kappa shape index (κ2) is 9.54. The molecule has 1 amide bonds. The quantitative estimate of drug-likeness (QED) is 0.567. The van der Waals surface area contributed by atoms with Gasteiger partial charge in [-0.15, -0.1) is 0 Å². The summed E-state index contributed by atoms with van der Waals surface area (Å²) in [7, 11) is 0. The van der Waals surface area contributed by atoms with Crippen molar-refractivity contribution in [3.63, 3.8) is 0 Å². The molecule has 150 valence electrons. The van der Waals surface area contributed by atoms with E-state index in [1.807, 2.05) is 51.1 Å². The predicted molar refractivity (Wildman–Crippen MR) is 111 cm³/mol. The number of aryl methyl sites for hydroxylation is 1. The first-order chi connectivity index (χ1) is 14.1. The van der Waals surface area contributed by atoms with Gasteiger partial charge in [-0.3, -0.25) is 4.79 Å². The smallest absolute Gasteiger partial charge is 0.249 e. The third-order valence-corrected chi connectivity index (χ3v) is 4.05. The van der Waals surface area contributed by atoms with Crippen LogP contribution in [-0.2, 0) is 4.79 Å². The highest BCUT2D eigenvalue weighted by atomic mass is 16.6. The van der Waals surface area contributed by atoms with Crippen LogP contribution in [0.4, 0.5) is 5.82 Å². The van der Waals surface area contributed by atoms with Crippen LogP contribution in [0.3, 0.4) is 0 Å². The Labute approximate surface area is 169 Å². The van der Waals surface area contributed by atoms with Crippen LogP contribution >= 0.6 is 0 Å². The molecule has 2 aromatic carbocycles. The highest BCUT2D eigenvalue weighted by molar-refractivity contribution is 6.03. The van der Waals surface area contributed by atoms with Gasteiger partial charge >= 0.3 is 0 Å². The highest BCUT2D eigenvalue weighted by Crippen LogP contribution is 2.34. The largest absolute Gasteiger partial charge is 0.490 e. The fraction of sp³-hybridized carbons (Fsp3) is 0.227. The van der Waals surface area contributed by atoms with Crippen molar-refractivity contribution in [3.8, 4) is 22.8 Å². The van der Waals surface area contributed by atoms with E-state index in [1.54, 1.807) is 18.2 Å². The van der Waals surface area contributed by atoms with Crippen LogP contribution in [0.2, 0.25) is 0 Å². The minimum Gasteiger partial charge on any atom is -0.490 e. The Morgan fingerprint density at radius 3 is 2.48 bits per heavy atom. The third-order valence-electron chi connectivity index (χ3n) is 4.05. The molecule has 0 fully saturated rings. The molecule has 7 nitrogen and oxygen atoms in total. The monoisotopic (exact) mass is 393 g/mol. The molecule has 0 aliphatic rings. The van der Waals surface area contributed by atoms with Crippen molar-refractivity contribution in [2.75, 3.05) is 18.5 Å². The summed E-state index contributed by atoms with van der Waals surface area (Å²) >= 11 is 0. The van der Waals surface area contributed by atoms with Crippen LogP contribution in [-0.4, -0.2) is 29.4 Å². The molecule has 0 radical (unpaired) electrons. The predicted octanol–water partition coefficient (Wildman–Crippen LogP) is 4.49. The summed E-state index contributed by atoms with van der Waals surface area (Å²) < 4.78 is 16.1. The lowest BCUT2D eigenvalue weighted by Gasteiger charge is -2.11. The maximum atomic E-state index is 12.3. The summed E-state index contributed by atoms with van der Waals surface area (Å²) in [5, 5.41) is 10.4. The van der Waals surface area contributed by atoms with Crippen molar-refractivity contribution in [3.05, 3.63) is 59.7 Å². The first-order valence-electron chi connectivity index (χ1n) is 9.39. The number of ether oxygens (including phenoxy) is 2. The molecule has 0 bridgehead atoms. The van der Waals surface area contributed by atoms with Crippen LogP contribution in [0, 0.1) is 6.92 Å². The zero-order valence-corrected chi connectivity index (χ0v) is 16.6. The van der Waals surface area contributed by atoms with E-state index in [4.69, 9.17) is 14.1 Å². The van der Waals surface area contributed by atoms with Gasteiger partial charge in [-0.1, -0.05) is 29.8 Å². The number of carbonyl (C=O) groups is 1. The van der Waals surface area contributed by atoms with Gasteiger partial charge in [0.1, 0.15) is 0 Å². The van der Waals surface area contributed by atoms with Gasteiger partial charge < -0.3 is 14.8 Å². The molecule has 1 heterocycles. The number of carbonyl (C=O) groups excluding carboxylic acids is 1. The molecule has 0 aliphatic heterocycles. The Morgan fingerprint density at radius 1 is 1.03 bits per heavy atom. The number of anilines is 1. The van der Waals surface area contributed by atoms with Gasteiger partial charge in [-0.2, -0.15) is 0 Å². The Kier molecular flexibility index (Phi) is 6.63. The van der Waals surface area contributed by atoms with E-state index < -0.39 is 0 Å². The SMILES string of the molecule is CCOc1ccc(-c2nonc2NC(=O)C=Cc2ccc(C)cc2)cc1OCC. The average molecular weight is 393 g/mol. The summed E-state index contributed by atoms with van der Waals surface area (Å²) in [4.78, 5) is 12.3. The van der Waals surface area contributed by atoms with Crippen LogP contribution in [0.1, 0.15) is 25.0 Å². The Bertz CT molecular complexity index is 994. The van der Waals surface area contributed by atoms with Crippen LogP contribution in [0.15, 0.2) is 53.2 Å². The van der Waals surface area contributed by atoms with E-state index in [9.17, 15) is 4.79 Å². The van der Waals surface area contributed by atoms with E-state index in [-0.39, 0.29) is 11.7 Å². The fourth-order valence-electron chi connectivity index (χ4n) is 2.67. The number of rotatable bonds is 8. The van der Waals surface area contributed by atoms with Crippen molar-refractivity contribution in [2.45, 2.75) is 20.8 Å². The molecule has 3 rings (SSSR count). The lowest BCUT2D eigenvalue weighted by atomic mass is 10.1. The van der Waals surface area contributed by atoms with E-state index in [0.717, 1.165) is 11.1 Å². The summed E-state index contributed by atoms with van der Waals surface area (Å²) in [5.41, 5.74) is 3.19. The number of nitrogens with one attached hydrogen (secondary N) is 1. The summed E-state index contributed by atoms with van der Waals surface area (Å²) in [5.74, 6) is 1.13. The number of hydrogen-bond donors (Lipinski definition) is 1. The molecule has 29 heavy (non-hydrogen) atoms. The highest BCUT2D eigenvalue weighted by Gasteiger charge is 2.16. The lowest BCUT2D eigenvalue weighted by molar-refractivity contribution is -0.111. The van der Waals surface area contributed by atoms with Crippen molar-refractivity contribution in [1.29, 1.82) is 0 Å². The summed E-state index contributed by atoms with van der Waals surface area (Å²) in [6, 6.07) is 13.2. The van der Waals surface area contributed by atoms with Crippen molar-refractivity contribution in [1.82, 2.24) is 10.3 Å². The maximum Gasteiger partial charge on any atom is 0.249 e. The molecule has 0 atom stereocenters. The third kappa shape index (κ3) is 5.22. The van der Waals surface area contributed by atoms with Gasteiger partial charge in [0, 0.05) is 11.6 Å². The van der Waals surface area contributed by atoms with Crippen molar-refractivity contribution < 1.29 is 18.9 Å². The Morgan fingerprint density at radius 2 is 1.76 bits per heavy atom. The molecule has 7 heteroatoms. The van der Waals surface area contributed by atoms with Gasteiger partial charge in [0.15, 0.2) is 17.2 Å². The number of benzene rings is 2. The second-order valence-corrected chi connectivity index (χ2v) is 6.22.